The van der Waals surface area contributed by atoms with Crippen molar-refractivity contribution >= 4 is 0 Å². The minimum Gasteiger partial charge on any atom is -0.334 e. The molecule has 4 rings (SSSR count). The topological polar surface area (TPSA) is 46.8 Å². The number of nitrogens with zero attached hydrogens (tertiary/aromatic N) is 5. The summed E-state index contributed by atoms with van der Waals surface area (Å²) in [4.78, 5) is 16.2. The van der Waals surface area contributed by atoms with Crippen molar-refractivity contribution in [2.45, 2.75) is 45.2 Å². The molecule has 0 atom stereocenters. The highest BCUT2D eigenvalue weighted by Gasteiger charge is 2.28. The molecule has 2 aromatic rings. The molecule has 0 saturated heterocycles. The van der Waals surface area contributed by atoms with Crippen LogP contribution >= 0.6 is 0 Å². The molecule has 1 aliphatic carbocycles. The van der Waals surface area contributed by atoms with Crippen molar-refractivity contribution in [3.8, 4) is 0 Å². The van der Waals surface area contributed by atoms with E-state index in [0.29, 0.717) is 5.92 Å². The number of rotatable bonds is 3. The molecule has 0 amide bonds. The van der Waals surface area contributed by atoms with E-state index in [1.54, 1.807) is 0 Å². The van der Waals surface area contributed by atoms with Crippen LogP contribution in [0.15, 0.2) is 12.4 Å². The highest BCUT2D eigenvalue weighted by atomic mass is 15.2. The Morgan fingerprint density at radius 2 is 2.10 bits per heavy atom. The Kier molecular flexibility index (Phi) is 3.03. The lowest BCUT2D eigenvalue weighted by Crippen LogP contribution is -2.31. The average Bonchev–Trinajstić information content (AvgIpc) is 3.30. The minimum atomic E-state index is 0.644. The van der Waals surface area contributed by atoms with E-state index in [2.05, 4.69) is 32.7 Å². The molecule has 5 heteroatoms. The van der Waals surface area contributed by atoms with Crippen molar-refractivity contribution in [3.05, 3.63) is 41.0 Å². The molecule has 5 nitrogen and oxygen atoms in total. The molecule has 2 aromatic heterocycles. The first-order valence-electron chi connectivity index (χ1n) is 7.75. The fourth-order valence-electron chi connectivity index (χ4n) is 2.99. The summed E-state index contributed by atoms with van der Waals surface area (Å²) in [5.74, 6) is 2.79. The van der Waals surface area contributed by atoms with E-state index in [4.69, 9.17) is 4.98 Å². The Hall–Kier alpha value is -1.75. The Morgan fingerprint density at radius 3 is 2.81 bits per heavy atom. The highest BCUT2D eigenvalue weighted by molar-refractivity contribution is 5.23. The first kappa shape index (κ1) is 13.0. The molecule has 2 aliphatic rings. The molecule has 0 bridgehead atoms. The van der Waals surface area contributed by atoms with E-state index in [-0.39, 0.29) is 0 Å². The third kappa shape index (κ3) is 2.46. The largest absolute Gasteiger partial charge is 0.334 e. The van der Waals surface area contributed by atoms with Crippen molar-refractivity contribution in [1.29, 1.82) is 0 Å². The van der Waals surface area contributed by atoms with E-state index in [1.807, 2.05) is 13.1 Å². The molecule has 1 aliphatic heterocycles. The van der Waals surface area contributed by atoms with Gasteiger partial charge in [0.25, 0.3) is 0 Å². The van der Waals surface area contributed by atoms with Crippen molar-refractivity contribution in [1.82, 2.24) is 24.4 Å². The molecular formula is C16H21N5. The number of imidazole rings is 1. The number of aromatic nitrogens is 4. The summed E-state index contributed by atoms with van der Waals surface area (Å²) >= 11 is 0. The van der Waals surface area contributed by atoms with Gasteiger partial charge in [0.2, 0.25) is 0 Å². The van der Waals surface area contributed by atoms with Crippen molar-refractivity contribution < 1.29 is 0 Å². The van der Waals surface area contributed by atoms with E-state index in [1.165, 1.54) is 29.8 Å². The van der Waals surface area contributed by atoms with Gasteiger partial charge in [-0.3, -0.25) is 4.90 Å². The number of aryl methyl sites for hydroxylation is 1. The van der Waals surface area contributed by atoms with Crippen molar-refractivity contribution in [3.63, 3.8) is 0 Å². The molecule has 21 heavy (non-hydrogen) atoms. The first-order chi connectivity index (χ1) is 10.2. The van der Waals surface area contributed by atoms with Crippen molar-refractivity contribution in [2.24, 2.45) is 7.05 Å². The zero-order chi connectivity index (χ0) is 14.4. The zero-order valence-corrected chi connectivity index (χ0v) is 12.7. The SMILES string of the molecule is Cc1ncc(CN2CCc3nc(C4CC4)ncc3C2)n1C. The molecule has 0 unspecified atom stereocenters. The first-order valence-corrected chi connectivity index (χ1v) is 7.75. The highest BCUT2D eigenvalue weighted by Crippen LogP contribution is 2.38. The summed E-state index contributed by atoms with van der Waals surface area (Å²) in [6, 6.07) is 0. The summed E-state index contributed by atoms with van der Waals surface area (Å²) in [7, 11) is 2.08. The normalized spacial score (nSPS) is 18.8. The van der Waals surface area contributed by atoms with Crippen LogP contribution in [0, 0.1) is 6.92 Å². The quantitative estimate of drug-likeness (QED) is 0.864. The second kappa shape index (κ2) is 4.91. The monoisotopic (exact) mass is 283 g/mol. The lowest BCUT2D eigenvalue weighted by molar-refractivity contribution is 0.237. The molecule has 0 N–H and O–H groups in total. The van der Waals surface area contributed by atoms with Crippen LogP contribution in [0.4, 0.5) is 0 Å². The number of hydrogen-bond donors (Lipinski definition) is 0. The van der Waals surface area contributed by atoms with Crippen LogP contribution in [0.1, 0.15) is 47.4 Å². The van der Waals surface area contributed by atoms with Gasteiger partial charge in [-0.25, -0.2) is 15.0 Å². The van der Waals surface area contributed by atoms with Gasteiger partial charge >= 0.3 is 0 Å². The maximum atomic E-state index is 4.78. The smallest absolute Gasteiger partial charge is 0.131 e. The summed E-state index contributed by atoms with van der Waals surface area (Å²) in [6.07, 6.45) is 7.61. The van der Waals surface area contributed by atoms with Gasteiger partial charge in [-0.05, 0) is 19.8 Å². The maximum absolute atomic E-state index is 4.78. The molecule has 1 saturated carbocycles. The van der Waals surface area contributed by atoms with Crippen molar-refractivity contribution in [2.75, 3.05) is 6.54 Å². The molecular weight excluding hydrogens is 262 g/mol. The molecule has 0 radical (unpaired) electrons. The third-order valence-corrected chi connectivity index (χ3v) is 4.68. The van der Waals surface area contributed by atoms with Crippen LogP contribution in [0.25, 0.3) is 0 Å². The van der Waals surface area contributed by atoms with Gasteiger partial charge in [-0.1, -0.05) is 0 Å². The van der Waals surface area contributed by atoms with Gasteiger partial charge < -0.3 is 4.57 Å². The van der Waals surface area contributed by atoms with E-state index in [0.717, 1.165) is 37.7 Å². The second-order valence-corrected chi connectivity index (χ2v) is 6.29. The number of fused-ring (bicyclic) bond motifs is 1. The van der Waals surface area contributed by atoms with Crippen LogP contribution in [-0.2, 0) is 26.6 Å². The van der Waals surface area contributed by atoms with Gasteiger partial charge in [0.15, 0.2) is 0 Å². The van der Waals surface area contributed by atoms with Gasteiger partial charge in [-0.15, -0.1) is 0 Å². The van der Waals surface area contributed by atoms with Gasteiger partial charge in [0.1, 0.15) is 11.6 Å². The summed E-state index contributed by atoms with van der Waals surface area (Å²) in [5.41, 5.74) is 3.83. The van der Waals surface area contributed by atoms with E-state index in [9.17, 15) is 0 Å². The standard InChI is InChI=1S/C16H21N5/c1-11-17-8-14(20(11)2)10-21-6-5-15-13(9-21)7-18-16(19-15)12-3-4-12/h7-8,12H,3-6,9-10H2,1-2H3. The van der Waals surface area contributed by atoms with Crippen LogP contribution in [-0.4, -0.2) is 31.0 Å². The Morgan fingerprint density at radius 1 is 1.24 bits per heavy atom. The molecule has 110 valence electrons. The van der Waals surface area contributed by atoms with Gasteiger partial charge in [-0.2, -0.15) is 0 Å². The summed E-state index contributed by atoms with van der Waals surface area (Å²) in [5, 5.41) is 0. The van der Waals surface area contributed by atoms with E-state index < -0.39 is 0 Å². The lowest BCUT2D eigenvalue weighted by Gasteiger charge is -2.28. The lowest BCUT2D eigenvalue weighted by atomic mass is 10.1. The summed E-state index contributed by atoms with van der Waals surface area (Å²) < 4.78 is 2.17. The Labute approximate surface area is 125 Å². The molecule has 0 spiro atoms. The van der Waals surface area contributed by atoms with E-state index >= 15 is 0 Å². The molecule has 0 aromatic carbocycles. The summed E-state index contributed by atoms with van der Waals surface area (Å²) in [6.45, 7) is 5.01. The van der Waals surface area contributed by atoms with Crippen LogP contribution in [0.2, 0.25) is 0 Å². The maximum Gasteiger partial charge on any atom is 0.131 e. The van der Waals surface area contributed by atoms with Crippen LogP contribution in [0.5, 0.6) is 0 Å². The predicted octanol–water partition coefficient (Wildman–Crippen LogP) is 1.95. The second-order valence-electron chi connectivity index (χ2n) is 6.29. The van der Waals surface area contributed by atoms with Crippen LogP contribution < -0.4 is 0 Å². The van der Waals surface area contributed by atoms with Crippen LogP contribution in [0.3, 0.4) is 0 Å². The molecule has 1 fully saturated rings. The molecule has 3 heterocycles. The third-order valence-electron chi connectivity index (χ3n) is 4.68. The number of hydrogen-bond acceptors (Lipinski definition) is 4. The Balaban J connectivity index is 1.50. The fourth-order valence-corrected chi connectivity index (χ4v) is 2.99. The van der Waals surface area contributed by atoms with Gasteiger partial charge in [0, 0.05) is 62.7 Å². The predicted molar refractivity (Wildman–Crippen MR) is 79.8 cm³/mol. The average molecular weight is 283 g/mol. The zero-order valence-electron chi connectivity index (χ0n) is 12.7. The fraction of sp³-hybridized carbons (Fsp3) is 0.562. The van der Waals surface area contributed by atoms with Gasteiger partial charge in [0.05, 0.1) is 5.69 Å². The minimum absolute atomic E-state index is 0.644. The Bertz CT molecular complexity index is 671.